The predicted molar refractivity (Wildman–Crippen MR) is 126 cm³/mol. The summed E-state index contributed by atoms with van der Waals surface area (Å²) in [5, 5.41) is 0. The number of hydrogen-bond donors (Lipinski definition) is 0. The Hall–Kier alpha value is -0.420. The van der Waals surface area contributed by atoms with Gasteiger partial charge in [0.05, 0.1) is 0 Å². The van der Waals surface area contributed by atoms with E-state index >= 15 is 0 Å². The summed E-state index contributed by atoms with van der Waals surface area (Å²) in [6, 6.07) is 6.75. The number of pyridine rings is 1. The molecule has 4 aliphatic rings. The van der Waals surface area contributed by atoms with Crippen molar-refractivity contribution < 1.29 is 0 Å². The first-order valence-corrected chi connectivity index (χ1v) is 14.3. The van der Waals surface area contributed by atoms with E-state index < -0.39 is 0 Å². The third-order valence-electron chi connectivity index (χ3n) is 10.2. The molecular weight excluding hydrogens is 369 g/mol. The average Bonchev–Trinajstić information content (AvgIpc) is 3.08. The topological polar surface area (TPSA) is 12.9 Å². The summed E-state index contributed by atoms with van der Waals surface area (Å²) < 4.78 is 0. The maximum atomic E-state index is 5.02. The highest BCUT2D eigenvalue weighted by molar-refractivity contribution is 7.60. The zero-order valence-electron chi connectivity index (χ0n) is 19.1. The molecule has 0 spiro atoms. The largest absolute Gasteiger partial charge is 0.261 e. The van der Waals surface area contributed by atoms with E-state index in [0.717, 1.165) is 22.9 Å². The van der Waals surface area contributed by atoms with Gasteiger partial charge < -0.3 is 0 Å². The van der Waals surface area contributed by atoms with Crippen molar-refractivity contribution in [3.05, 3.63) is 30.1 Å². The third-order valence-corrected chi connectivity index (χ3v) is 14.2. The van der Waals surface area contributed by atoms with Crippen molar-refractivity contribution in [3.8, 4) is 0 Å². The number of hydrogen-bond acceptors (Lipinski definition) is 1. The molecule has 2 heteroatoms. The van der Waals surface area contributed by atoms with E-state index in [-0.39, 0.29) is 7.92 Å². The molecular formula is C27H42NP. The second-order valence-corrected chi connectivity index (χ2v) is 14.5. The van der Waals surface area contributed by atoms with E-state index in [0.29, 0.717) is 16.7 Å². The molecule has 4 fully saturated rings. The Morgan fingerprint density at radius 3 is 2.00 bits per heavy atom. The molecule has 1 aromatic rings. The average molecular weight is 412 g/mol. The van der Waals surface area contributed by atoms with Gasteiger partial charge in [-0.2, -0.15) is 0 Å². The van der Waals surface area contributed by atoms with E-state index in [1.807, 2.05) is 0 Å². The highest BCUT2D eigenvalue weighted by atomic mass is 31.1. The minimum Gasteiger partial charge on any atom is -0.261 e. The lowest BCUT2D eigenvalue weighted by Crippen LogP contribution is -2.36. The summed E-state index contributed by atoms with van der Waals surface area (Å²) >= 11 is 0. The van der Waals surface area contributed by atoms with Gasteiger partial charge in [-0.05, 0) is 84.4 Å². The van der Waals surface area contributed by atoms with Crippen LogP contribution in [0.1, 0.15) is 109 Å². The number of nitrogens with zero attached hydrogens (tertiary/aromatic N) is 1. The van der Waals surface area contributed by atoms with Gasteiger partial charge in [-0.25, -0.2) is 0 Å². The van der Waals surface area contributed by atoms with Crippen molar-refractivity contribution in [1.82, 2.24) is 4.98 Å². The molecule has 4 atom stereocenters. The van der Waals surface area contributed by atoms with Gasteiger partial charge in [0.25, 0.3) is 0 Å². The Labute approximate surface area is 180 Å². The fraction of sp³-hybridized carbons (Fsp3) is 0.815. The van der Waals surface area contributed by atoms with Gasteiger partial charge in [0, 0.05) is 17.8 Å². The minimum atomic E-state index is 0.0940. The highest BCUT2D eigenvalue weighted by Crippen LogP contribution is 2.79. The molecule has 4 aliphatic carbocycles. The van der Waals surface area contributed by atoms with Gasteiger partial charge in [-0.3, -0.25) is 4.98 Å². The molecule has 0 aromatic carbocycles. The monoisotopic (exact) mass is 411 g/mol. The van der Waals surface area contributed by atoms with Crippen molar-refractivity contribution >= 4 is 7.92 Å². The van der Waals surface area contributed by atoms with Crippen LogP contribution in [0.15, 0.2) is 24.4 Å². The van der Waals surface area contributed by atoms with E-state index in [2.05, 4.69) is 45.2 Å². The quantitative estimate of drug-likeness (QED) is 0.456. The van der Waals surface area contributed by atoms with Crippen LogP contribution in [0, 0.1) is 16.7 Å². The second kappa shape index (κ2) is 7.93. The van der Waals surface area contributed by atoms with Crippen LogP contribution in [0.2, 0.25) is 0 Å². The summed E-state index contributed by atoms with van der Waals surface area (Å²) in [5.41, 5.74) is 5.37. The lowest BCUT2D eigenvalue weighted by molar-refractivity contribution is 0.133. The molecule has 2 bridgehead atoms. The highest BCUT2D eigenvalue weighted by Gasteiger charge is 2.68. The lowest BCUT2D eigenvalue weighted by Gasteiger charge is -2.48. The molecule has 0 aliphatic heterocycles. The lowest BCUT2D eigenvalue weighted by atomic mass is 9.66. The summed E-state index contributed by atoms with van der Waals surface area (Å²) in [7, 11) is 0.0940. The van der Waals surface area contributed by atoms with Crippen LogP contribution in [0.4, 0.5) is 0 Å². The van der Waals surface area contributed by atoms with Crippen LogP contribution in [0.3, 0.4) is 0 Å². The summed E-state index contributed by atoms with van der Waals surface area (Å²) in [4.78, 5) is 5.02. The van der Waals surface area contributed by atoms with Crippen LogP contribution in [0.25, 0.3) is 0 Å². The molecule has 29 heavy (non-hydrogen) atoms. The van der Waals surface area contributed by atoms with Crippen molar-refractivity contribution in [2.24, 2.45) is 16.7 Å². The van der Waals surface area contributed by atoms with E-state index in [1.165, 1.54) is 82.7 Å². The Kier molecular flexibility index (Phi) is 5.60. The summed E-state index contributed by atoms with van der Waals surface area (Å²) in [6.07, 6.45) is 20.1. The Balaban J connectivity index is 1.59. The number of rotatable bonds is 4. The smallest absolute Gasteiger partial charge is 0.0446 e. The summed E-state index contributed by atoms with van der Waals surface area (Å²) in [5.74, 6) is 1.63. The molecule has 160 valence electrons. The normalized spacial score (nSPS) is 38.0. The first-order valence-electron chi connectivity index (χ1n) is 12.7. The van der Waals surface area contributed by atoms with Crippen molar-refractivity contribution in [1.29, 1.82) is 0 Å². The molecule has 5 rings (SSSR count). The second-order valence-electron chi connectivity index (χ2n) is 11.5. The SMILES string of the molecule is CC1(C)[C@@H]2CC[C@@]1(C)[C@@H](c1ccccn1)[C@@H]2P(C1CCCCC1)C1CCCCC1. The molecule has 0 amide bonds. The molecule has 0 radical (unpaired) electrons. The van der Waals surface area contributed by atoms with Crippen LogP contribution < -0.4 is 0 Å². The van der Waals surface area contributed by atoms with Crippen LogP contribution in [-0.2, 0) is 0 Å². The van der Waals surface area contributed by atoms with E-state index in [1.54, 1.807) is 0 Å². The predicted octanol–water partition coefficient (Wildman–Crippen LogP) is 8.14. The molecule has 4 saturated carbocycles. The van der Waals surface area contributed by atoms with Gasteiger partial charge >= 0.3 is 0 Å². The molecule has 0 N–H and O–H groups in total. The molecule has 0 saturated heterocycles. The van der Waals surface area contributed by atoms with Crippen LogP contribution in [0.5, 0.6) is 0 Å². The molecule has 1 heterocycles. The zero-order valence-corrected chi connectivity index (χ0v) is 20.0. The van der Waals surface area contributed by atoms with E-state index in [4.69, 9.17) is 4.98 Å². The zero-order chi connectivity index (χ0) is 20.1. The van der Waals surface area contributed by atoms with Crippen molar-refractivity contribution in [3.63, 3.8) is 0 Å². The molecule has 1 aromatic heterocycles. The molecule has 1 nitrogen and oxygen atoms in total. The van der Waals surface area contributed by atoms with Crippen LogP contribution in [-0.4, -0.2) is 22.0 Å². The minimum absolute atomic E-state index is 0.0940. The van der Waals surface area contributed by atoms with Crippen molar-refractivity contribution in [2.75, 3.05) is 0 Å². The van der Waals surface area contributed by atoms with Gasteiger partial charge in [0.15, 0.2) is 0 Å². The maximum absolute atomic E-state index is 5.02. The maximum Gasteiger partial charge on any atom is 0.0446 e. The van der Waals surface area contributed by atoms with Gasteiger partial charge in [0.1, 0.15) is 0 Å². The summed E-state index contributed by atoms with van der Waals surface area (Å²) in [6.45, 7) is 7.92. The third kappa shape index (κ3) is 3.24. The van der Waals surface area contributed by atoms with Gasteiger partial charge in [0.2, 0.25) is 0 Å². The fourth-order valence-electron chi connectivity index (χ4n) is 8.31. The Morgan fingerprint density at radius 2 is 1.45 bits per heavy atom. The van der Waals surface area contributed by atoms with Gasteiger partial charge in [-0.15, -0.1) is 0 Å². The Bertz CT molecular complexity index is 670. The van der Waals surface area contributed by atoms with Crippen molar-refractivity contribution in [2.45, 2.75) is 121 Å². The molecule has 0 unspecified atom stereocenters. The first-order chi connectivity index (χ1) is 14.0. The first kappa shape index (κ1) is 20.5. The number of fused-ring (bicyclic) bond motifs is 2. The van der Waals surface area contributed by atoms with Crippen LogP contribution >= 0.6 is 7.92 Å². The fourth-order valence-corrected chi connectivity index (χ4v) is 13.6. The van der Waals surface area contributed by atoms with E-state index in [9.17, 15) is 0 Å². The Morgan fingerprint density at radius 1 is 0.828 bits per heavy atom. The standard InChI is InChI=1S/C27H42NP/c1-26(2)22-17-18-27(26,3)24(23-16-10-11-19-28-23)25(22)29(20-12-6-4-7-13-20)21-14-8-5-9-15-21/h10-11,16,19-22,24-25H,4-9,12-15,17-18H2,1-3H3/t22-,24+,25-,27+/m1/s1. The van der Waals surface area contributed by atoms with Gasteiger partial charge in [-0.1, -0.05) is 73.3 Å². The number of aromatic nitrogens is 1.